The summed E-state index contributed by atoms with van der Waals surface area (Å²) < 4.78 is 6.33. The van der Waals surface area contributed by atoms with E-state index in [0.717, 1.165) is 5.69 Å². The Balaban J connectivity index is 1.58. The van der Waals surface area contributed by atoms with Crippen molar-refractivity contribution < 1.29 is 14.6 Å². The lowest BCUT2D eigenvalue weighted by Gasteiger charge is -2.11. The number of hydrogen-bond acceptors (Lipinski definition) is 8. The quantitative estimate of drug-likeness (QED) is 0.402. The molecule has 4 rings (SSSR count). The van der Waals surface area contributed by atoms with Gasteiger partial charge in [0.25, 0.3) is 0 Å². The number of nitrogens with one attached hydrogen (secondary N) is 2. The van der Waals surface area contributed by atoms with Crippen LogP contribution in [0.1, 0.15) is 16.2 Å². The Kier molecular flexibility index (Phi) is 5.36. The molecule has 0 saturated carbocycles. The third kappa shape index (κ3) is 3.96. The van der Waals surface area contributed by atoms with Crippen molar-refractivity contribution in [2.24, 2.45) is 0 Å². The average Bonchev–Trinajstić information content (AvgIpc) is 3.14. The van der Waals surface area contributed by atoms with E-state index in [1.165, 1.54) is 13.2 Å². The van der Waals surface area contributed by atoms with Crippen LogP contribution >= 0.6 is 11.6 Å². The van der Waals surface area contributed by atoms with Crippen LogP contribution in [0.25, 0.3) is 5.65 Å². The number of esters is 1. The third-order valence-corrected chi connectivity index (χ3v) is 4.53. The van der Waals surface area contributed by atoms with Gasteiger partial charge in [-0.15, -0.1) is 15.3 Å². The summed E-state index contributed by atoms with van der Waals surface area (Å²) in [5, 5.41) is 29.7. The number of rotatable bonds is 6. The first kappa shape index (κ1) is 19.5. The van der Waals surface area contributed by atoms with Gasteiger partial charge in [-0.1, -0.05) is 23.7 Å². The molecule has 2 heterocycles. The zero-order valence-electron chi connectivity index (χ0n) is 15.8. The minimum Gasteiger partial charge on any atom is -0.507 e. The van der Waals surface area contributed by atoms with E-state index in [0.29, 0.717) is 28.0 Å². The highest BCUT2D eigenvalue weighted by molar-refractivity contribution is 6.30. The molecule has 0 unspecified atom stereocenters. The monoisotopic (exact) mass is 424 g/mol. The first-order chi connectivity index (χ1) is 14.5. The summed E-state index contributed by atoms with van der Waals surface area (Å²) >= 11 is 6.03. The first-order valence-corrected chi connectivity index (χ1v) is 9.31. The topological polar surface area (TPSA) is 114 Å². The normalized spacial score (nSPS) is 10.7. The Morgan fingerprint density at radius 3 is 2.80 bits per heavy atom. The maximum atomic E-state index is 12.0. The van der Waals surface area contributed by atoms with Gasteiger partial charge in [0.2, 0.25) is 0 Å². The number of fused-ring (bicyclic) bond motifs is 1. The molecule has 0 aliphatic rings. The number of aromatic hydroxyl groups is 1. The molecule has 0 amide bonds. The fraction of sp³-hybridized carbons (Fsp3) is 0.100. The van der Waals surface area contributed by atoms with Crippen LogP contribution in [0.5, 0.6) is 5.75 Å². The summed E-state index contributed by atoms with van der Waals surface area (Å²) in [6.45, 7) is 0.211. The standard InChI is InChI=1S/C20H17ClN6O3/c1-30-20(29)19-14(6-3-7-15(19)28)22-11-18-25-24-17-9-8-16(26-27(17)18)23-13-5-2-4-12(21)10-13/h2-10,22,28H,11H2,1H3,(H,23,26). The number of phenolic OH excluding ortho intramolecular Hbond substituents is 1. The zero-order chi connectivity index (χ0) is 21.1. The summed E-state index contributed by atoms with van der Waals surface area (Å²) in [4.78, 5) is 12.0. The Morgan fingerprint density at radius 2 is 2.00 bits per heavy atom. The van der Waals surface area contributed by atoms with Gasteiger partial charge in [-0.3, -0.25) is 0 Å². The molecule has 0 radical (unpaired) electrons. The number of benzene rings is 2. The number of aromatic nitrogens is 4. The van der Waals surface area contributed by atoms with Crippen LogP contribution in [-0.2, 0) is 11.3 Å². The minimum atomic E-state index is -0.646. The lowest BCUT2D eigenvalue weighted by molar-refractivity contribution is 0.0598. The van der Waals surface area contributed by atoms with E-state index in [1.807, 2.05) is 12.1 Å². The van der Waals surface area contributed by atoms with Crippen molar-refractivity contribution in [1.82, 2.24) is 19.8 Å². The molecular formula is C20H17ClN6O3. The van der Waals surface area contributed by atoms with Gasteiger partial charge in [-0.05, 0) is 42.5 Å². The SMILES string of the molecule is COC(=O)c1c(O)cccc1NCc1nnc2ccc(Nc3cccc(Cl)c3)nn12. The van der Waals surface area contributed by atoms with Gasteiger partial charge in [0.15, 0.2) is 17.3 Å². The Morgan fingerprint density at radius 1 is 1.17 bits per heavy atom. The van der Waals surface area contributed by atoms with E-state index in [-0.39, 0.29) is 17.9 Å². The van der Waals surface area contributed by atoms with Crippen molar-refractivity contribution in [3.05, 3.63) is 71.0 Å². The largest absolute Gasteiger partial charge is 0.507 e. The second kappa shape index (κ2) is 8.26. The van der Waals surface area contributed by atoms with Crippen LogP contribution < -0.4 is 10.6 Å². The number of carbonyl (C=O) groups excluding carboxylic acids is 1. The molecule has 3 N–H and O–H groups in total. The fourth-order valence-corrected chi connectivity index (χ4v) is 3.09. The molecule has 4 aromatic rings. The predicted octanol–water partition coefficient (Wildman–Crippen LogP) is 3.63. The molecule has 0 spiro atoms. The number of phenols is 1. The summed E-state index contributed by atoms with van der Waals surface area (Å²) in [6.07, 6.45) is 0. The molecule has 10 heteroatoms. The van der Waals surface area contributed by atoms with Crippen LogP contribution in [-0.4, -0.2) is 38.0 Å². The van der Waals surface area contributed by atoms with Crippen LogP contribution in [0.2, 0.25) is 5.02 Å². The molecule has 2 aromatic heterocycles. The Labute approximate surface area is 176 Å². The van der Waals surface area contributed by atoms with E-state index >= 15 is 0 Å². The summed E-state index contributed by atoms with van der Waals surface area (Å²) in [5.41, 5.74) is 1.81. The molecule has 9 nitrogen and oxygen atoms in total. The van der Waals surface area contributed by atoms with Crippen molar-refractivity contribution in [3.8, 4) is 5.75 Å². The van der Waals surface area contributed by atoms with Gasteiger partial charge < -0.3 is 20.5 Å². The number of halogens is 1. The van der Waals surface area contributed by atoms with E-state index < -0.39 is 5.97 Å². The second-order valence-corrected chi connectivity index (χ2v) is 6.72. The molecule has 0 bridgehead atoms. The van der Waals surface area contributed by atoms with Crippen molar-refractivity contribution >= 4 is 40.4 Å². The fourth-order valence-electron chi connectivity index (χ4n) is 2.90. The van der Waals surface area contributed by atoms with Gasteiger partial charge in [-0.25, -0.2) is 4.79 Å². The summed E-state index contributed by atoms with van der Waals surface area (Å²) in [6, 6.07) is 15.6. The third-order valence-electron chi connectivity index (χ3n) is 4.29. The number of ether oxygens (including phenoxy) is 1. The number of anilines is 3. The van der Waals surface area contributed by atoms with E-state index in [4.69, 9.17) is 16.3 Å². The molecular weight excluding hydrogens is 408 g/mol. The smallest absolute Gasteiger partial charge is 0.343 e. The molecule has 0 fully saturated rings. The van der Waals surface area contributed by atoms with Crippen LogP contribution in [0.15, 0.2) is 54.6 Å². The van der Waals surface area contributed by atoms with Crippen LogP contribution in [0.4, 0.5) is 17.2 Å². The lowest BCUT2D eigenvalue weighted by atomic mass is 10.1. The number of nitrogens with zero attached hydrogens (tertiary/aromatic N) is 4. The van der Waals surface area contributed by atoms with Crippen LogP contribution in [0, 0.1) is 0 Å². The van der Waals surface area contributed by atoms with Crippen LogP contribution in [0.3, 0.4) is 0 Å². The number of hydrogen-bond donors (Lipinski definition) is 3. The highest BCUT2D eigenvalue weighted by atomic mass is 35.5. The predicted molar refractivity (Wildman–Crippen MR) is 112 cm³/mol. The molecule has 152 valence electrons. The molecule has 0 aliphatic carbocycles. The van der Waals surface area contributed by atoms with Gasteiger partial charge in [0, 0.05) is 10.7 Å². The zero-order valence-corrected chi connectivity index (χ0v) is 16.6. The van der Waals surface area contributed by atoms with E-state index in [9.17, 15) is 9.90 Å². The first-order valence-electron chi connectivity index (χ1n) is 8.93. The van der Waals surface area contributed by atoms with Crippen molar-refractivity contribution in [3.63, 3.8) is 0 Å². The highest BCUT2D eigenvalue weighted by Gasteiger charge is 2.17. The number of methoxy groups -OCH3 is 1. The lowest BCUT2D eigenvalue weighted by Crippen LogP contribution is -2.11. The van der Waals surface area contributed by atoms with Crippen molar-refractivity contribution in [2.45, 2.75) is 6.54 Å². The maximum Gasteiger partial charge on any atom is 0.343 e. The Bertz CT molecular complexity index is 1230. The number of carbonyl (C=O) groups is 1. The molecule has 2 aromatic carbocycles. The molecule has 0 saturated heterocycles. The van der Waals surface area contributed by atoms with Gasteiger partial charge in [0.1, 0.15) is 11.3 Å². The maximum absolute atomic E-state index is 12.0. The molecule has 0 aliphatic heterocycles. The molecule has 0 atom stereocenters. The van der Waals surface area contributed by atoms with Gasteiger partial charge >= 0.3 is 5.97 Å². The minimum absolute atomic E-state index is 0.0464. The second-order valence-electron chi connectivity index (χ2n) is 6.28. The van der Waals surface area contributed by atoms with E-state index in [2.05, 4.69) is 25.9 Å². The van der Waals surface area contributed by atoms with Gasteiger partial charge in [-0.2, -0.15) is 4.52 Å². The molecule has 30 heavy (non-hydrogen) atoms. The van der Waals surface area contributed by atoms with Crippen molar-refractivity contribution in [1.29, 1.82) is 0 Å². The van der Waals surface area contributed by atoms with E-state index in [1.54, 1.807) is 40.9 Å². The van der Waals surface area contributed by atoms with Gasteiger partial charge in [0.05, 0.1) is 19.3 Å². The summed E-state index contributed by atoms with van der Waals surface area (Å²) in [7, 11) is 1.25. The summed E-state index contributed by atoms with van der Waals surface area (Å²) in [5.74, 6) is 0.272. The average molecular weight is 425 g/mol. The Hall–Kier alpha value is -3.85. The van der Waals surface area contributed by atoms with Crippen molar-refractivity contribution in [2.75, 3.05) is 17.7 Å². The highest BCUT2D eigenvalue weighted by Crippen LogP contribution is 2.26.